The molecule has 0 radical (unpaired) electrons. The number of aryl methyl sites for hydroxylation is 1. The fraction of sp³-hybridized carbons (Fsp3) is 0.438. The zero-order chi connectivity index (χ0) is 16.8. The van der Waals surface area contributed by atoms with Crippen LogP contribution in [0.1, 0.15) is 43.8 Å². The van der Waals surface area contributed by atoms with Crippen molar-refractivity contribution < 1.29 is 9.18 Å². The Morgan fingerprint density at radius 2 is 2.00 bits per heavy atom. The smallest absolute Gasteiger partial charge is 0.318 e. The number of hydrogen-bond acceptors (Lipinski definition) is 4. The Balaban J connectivity index is 2.06. The van der Waals surface area contributed by atoms with Gasteiger partial charge in [-0.2, -0.15) is 0 Å². The van der Waals surface area contributed by atoms with Crippen LogP contribution in [0.5, 0.6) is 0 Å². The van der Waals surface area contributed by atoms with Gasteiger partial charge < -0.3 is 4.90 Å². The summed E-state index contributed by atoms with van der Waals surface area (Å²) in [4.78, 5) is 14.1. The molecule has 0 bridgehead atoms. The van der Waals surface area contributed by atoms with Crippen molar-refractivity contribution in [2.24, 2.45) is 0 Å². The van der Waals surface area contributed by atoms with Crippen molar-refractivity contribution in [3.8, 4) is 0 Å². The van der Waals surface area contributed by atoms with Gasteiger partial charge in [-0.3, -0.25) is 5.32 Å². The van der Waals surface area contributed by atoms with Gasteiger partial charge in [-0.05, 0) is 38.0 Å². The summed E-state index contributed by atoms with van der Waals surface area (Å²) in [6.45, 7) is 6.43. The number of hydrogen-bond donors (Lipinski definition) is 1. The number of amides is 2. The van der Waals surface area contributed by atoms with Gasteiger partial charge in [-0.15, -0.1) is 10.2 Å². The monoisotopic (exact) mass is 336 g/mol. The molecule has 0 aliphatic rings. The summed E-state index contributed by atoms with van der Waals surface area (Å²) >= 11 is 1.39. The molecule has 2 aromatic rings. The number of benzene rings is 1. The Morgan fingerprint density at radius 1 is 1.30 bits per heavy atom. The van der Waals surface area contributed by atoms with Gasteiger partial charge in [0.2, 0.25) is 5.13 Å². The van der Waals surface area contributed by atoms with Gasteiger partial charge in [0.1, 0.15) is 10.8 Å². The van der Waals surface area contributed by atoms with Crippen molar-refractivity contribution in [1.82, 2.24) is 15.1 Å². The van der Waals surface area contributed by atoms with Crippen molar-refractivity contribution in [2.75, 3.05) is 11.9 Å². The predicted molar refractivity (Wildman–Crippen MR) is 90.1 cm³/mol. The Labute approximate surface area is 139 Å². The fourth-order valence-corrected chi connectivity index (χ4v) is 3.13. The summed E-state index contributed by atoms with van der Waals surface area (Å²) in [6, 6.07) is 5.80. The molecule has 0 aliphatic carbocycles. The zero-order valence-corrected chi connectivity index (χ0v) is 14.4. The summed E-state index contributed by atoms with van der Waals surface area (Å²) in [5.41, 5.74) is 0.882. The van der Waals surface area contributed by atoms with Crippen molar-refractivity contribution in [1.29, 1.82) is 0 Å². The average Bonchev–Trinajstić information content (AvgIpc) is 2.96. The highest BCUT2D eigenvalue weighted by Gasteiger charge is 2.21. The minimum Gasteiger partial charge on any atom is -0.318 e. The molecule has 1 aromatic heterocycles. The van der Waals surface area contributed by atoms with E-state index in [2.05, 4.69) is 22.4 Å². The summed E-state index contributed by atoms with van der Waals surface area (Å²) in [5, 5.41) is 12.3. The Bertz CT molecular complexity index is 644. The maximum absolute atomic E-state index is 13.0. The topological polar surface area (TPSA) is 58.1 Å². The molecule has 1 aromatic carbocycles. The van der Waals surface area contributed by atoms with Crippen LogP contribution in [0.15, 0.2) is 24.3 Å². The van der Waals surface area contributed by atoms with E-state index in [1.165, 1.54) is 23.5 Å². The number of carbonyl (C=O) groups excluding carboxylic acids is 1. The zero-order valence-electron chi connectivity index (χ0n) is 13.5. The third-order valence-corrected chi connectivity index (χ3v) is 4.46. The summed E-state index contributed by atoms with van der Waals surface area (Å²) in [5.74, 6) is -0.286. The standard InChI is InChI=1S/C16H21FN4OS/c1-4-6-14-19-20-15(23-14)18-16(22)21(5-2)11(3)12-7-9-13(17)10-8-12/h7-11H,4-6H2,1-3H3,(H,18,20,22)/t11-/m1/s1. The fourth-order valence-electron chi connectivity index (χ4n) is 2.30. The van der Waals surface area contributed by atoms with Crippen molar-refractivity contribution >= 4 is 22.5 Å². The van der Waals surface area contributed by atoms with Crippen LogP contribution in [-0.2, 0) is 6.42 Å². The second-order valence-electron chi connectivity index (χ2n) is 5.19. The van der Waals surface area contributed by atoms with E-state index in [9.17, 15) is 9.18 Å². The Hall–Kier alpha value is -2.02. The summed E-state index contributed by atoms with van der Waals surface area (Å²) < 4.78 is 13.0. The summed E-state index contributed by atoms with van der Waals surface area (Å²) in [6.07, 6.45) is 1.85. The van der Waals surface area contributed by atoms with E-state index in [0.717, 1.165) is 23.4 Å². The highest BCUT2D eigenvalue weighted by atomic mass is 32.1. The van der Waals surface area contributed by atoms with Gasteiger partial charge in [-0.1, -0.05) is 30.4 Å². The lowest BCUT2D eigenvalue weighted by molar-refractivity contribution is 0.197. The number of nitrogens with zero attached hydrogens (tertiary/aromatic N) is 3. The lowest BCUT2D eigenvalue weighted by atomic mass is 10.1. The molecule has 0 unspecified atom stereocenters. The van der Waals surface area contributed by atoms with Crippen LogP contribution in [-0.4, -0.2) is 27.7 Å². The van der Waals surface area contributed by atoms with E-state index in [1.807, 2.05) is 13.8 Å². The van der Waals surface area contributed by atoms with E-state index in [-0.39, 0.29) is 17.9 Å². The molecule has 0 spiro atoms. The van der Waals surface area contributed by atoms with Crippen LogP contribution in [0, 0.1) is 5.82 Å². The molecule has 23 heavy (non-hydrogen) atoms. The van der Waals surface area contributed by atoms with E-state index in [0.29, 0.717) is 11.7 Å². The number of anilines is 1. The van der Waals surface area contributed by atoms with Crippen LogP contribution < -0.4 is 5.32 Å². The van der Waals surface area contributed by atoms with Crippen molar-refractivity contribution in [3.63, 3.8) is 0 Å². The highest BCUT2D eigenvalue weighted by molar-refractivity contribution is 7.15. The number of nitrogens with one attached hydrogen (secondary N) is 1. The SMILES string of the molecule is CCCc1nnc(NC(=O)N(CC)[C@H](C)c2ccc(F)cc2)s1. The van der Waals surface area contributed by atoms with Crippen molar-refractivity contribution in [2.45, 2.75) is 39.7 Å². The third kappa shape index (κ3) is 4.48. The van der Waals surface area contributed by atoms with Gasteiger partial charge in [-0.25, -0.2) is 9.18 Å². The molecule has 2 amide bonds. The van der Waals surface area contributed by atoms with Crippen LogP contribution in [0.3, 0.4) is 0 Å². The molecule has 124 valence electrons. The highest BCUT2D eigenvalue weighted by Crippen LogP contribution is 2.22. The quantitative estimate of drug-likeness (QED) is 0.858. The third-order valence-electron chi connectivity index (χ3n) is 3.57. The van der Waals surface area contributed by atoms with Gasteiger partial charge >= 0.3 is 6.03 Å². The average molecular weight is 336 g/mol. The first kappa shape index (κ1) is 17.3. The van der Waals surface area contributed by atoms with Gasteiger partial charge in [0.15, 0.2) is 0 Å². The van der Waals surface area contributed by atoms with Crippen LogP contribution in [0.25, 0.3) is 0 Å². The first-order valence-electron chi connectivity index (χ1n) is 7.70. The van der Waals surface area contributed by atoms with Gasteiger partial charge in [0.25, 0.3) is 0 Å². The number of carbonyl (C=O) groups is 1. The lowest BCUT2D eigenvalue weighted by Gasteiger charge is -2.28. The molecule has 5 nitrogen and oxygen atoms in total. The molecule has 1 N–H and O–H groups in total. The number of urea groups is 1. The molecule has 1 heterocycles. The molecular weight excluding hydrogens is 315 g/mol. The molecule has 2 rings (SSSR count). The lowest BCUT2D eigenvalue weighted by Crippen LogP contribution is -2.36. The maximum atomic E-state index is 13.0. The minimum atomic E-state index is -0.286. The summed E-state index contributed by atoms with van der Waals surface area (Å²) in [7, 11) is 0. The van der Waals surface area contributed by atoms with E-state index >= 15 is 0 Å². The Morgan fingerprint density at radius 3 is 2.61 bits per heavy atom. The van der Waals surface area contributed by atoms with E-state index in [4.69, 9.17) is 0 Å². The minimum absolute atomic E-state index is 0.163. The number of aromatic nitrogens is 2. The molecule has 1 atom stereocenters. The molecule has 0 saturated heterocycles. The maximum Gasteiger partial charge on any atom is 0.324 e. The van der Waals surface area contributed by atoms with E-state index < -0.39 is 0 Å². The molecular formula is C16H21FN4OS. The van der Waals surface area contributed by atoms with E-state index in [1.54, 1.807) is 17.0 Å². The van der Waals surface area contributed by atoms with Gasteiger partial charge in [0, 0.05) is 13.0 Å². The number of halogens is 1. The Kier molecular flexibility index (Phi) is 6.04. The molecule has 0 aliphatic heterocycles. The van der Waals surface area contributed by atoms with Crippen LogP contribution >= 0.6 is 11.3 Å². The molecule has 0 fully saturated rings. The second kappa shape index (κ2) is 8.01. The second-order valence-corrected chi connectivity index (χ2v) is 6.26. The normalized spacial score (nSPS) is 12.0. The van der Waals surface area contributed by atoms with Crippen LogP contribution in [0.2, 0.25) is 0 Å². The van der Waals surface area contributed by atoms with Gasteiger partial charge in [0.05, 0.1) is 6.04 Å². The van der Waals surface area contributed by atoms with Crippen LogP contribution in [0.4, 0.5) is 14.3 Å². The molecule has 0 saturated carbocycles. The first-order valence-corrected chi connectivity index (χ1v) is 8.52. The largest absolute Gasteiger partial charge is 0.324 e. The van der Waals surface area contributed by atoms with Crippen molar-refractivity contribution in [3.05, 3.63) is 40.7 Å². The first-order chi connectivity index (χ1) is 11.0. The molecule has 7 heteroatoms. The number of rotatable bonds is 6. The predicted octanol–water partition coefficient (Wildman–Crippen LogP) is 4.24.